The van der Waals surface area contributed by atoms with Crippen molar-refractivity contribution < 1.29 is 20.1 Å². The third kappa shape index (κ3) is 3.97. The van der Waals surface area contributed by atoms with Gasteiger partial charge in [0.2, 0.25) is 0 Å². The molecule has 4 aromatic rings. The van der Waals surface area contributed by atoms with E-state index in [9.17, 15) is 0 Å². The monoisotopic (exact) mass is 639 g/mol. The van der Waals surface area contributed by atoms with Crippen molar-refractivity contribution in [3.8, 4) is 33.9 Å². The van der Waals surface area contributed by atoms with Crippen molar-refractivity contribution in [2.75, 3.05) is 0 Å². The summed E-state index contributed by atoms with van der Waals surface area (Å²) in [5, 5.41) is 0. The summed E-state index contributed by atoms with van der Waals surface area (Å²) in [6.45, 7) is 16.2. The van der Waals surface area contributed by atoms with E-state index in [-0.39, 0.29) is 36.4 Å². The average Bonchev–Trinajstić information content (AvgIpc) is 2.93. The van der Waals surface area contributed by atoms with Gasteiger partial charge in [-0.2, -0.15) is 0 Å². The van der Waals surface area contributed by atoms with Crippen molar-refractivity contribution in [2.45, 2.75) is 59.3 Å². The van der Waals surface area contributed by atoms with Crippen molar-refractivity contribution in [3.05, 3.63) is 89.7 Å². The van der Waals surface area contributed by atoms with Gasteiger partial charge in [0.1, 0.15) is 0 Å². The van der Waals surface area contributed by atoms with Crippen LogP contribution in [0.2, 0.25) is 0 Å². The molecule has 0 saturated carbocycles. The second-order valence-corrected chi connectivity index (χ2v) is 11.1. The molecule has 0 spiro atoms. The molecule has 0 aliphatic heterocycles. The Morgan fingerprint density at radius 2 is 1.40 bits per heavy atom. The molecular weight excluding hydrogens is 607 g/mol. The quantitative estimate of drug-likeness (QED) is 0.217. The van der Waals surface area contributed by atoms with Crippen molar-refractivity contribution in [3.63, 3.8) is 0 Å². The van der Waals surface area contributed by atoms with E-state index in [0.717, 1.165) is 33.8 Å². The number of fused-ring (bicyclic) bond motifs is 1. The first kappa shape index (κ1) is 25.4. The Morgan fingerprint density at radius 1 is 0.714 bits per heavy atom. The molecule has 5 rings (SSSR count). The van der Waals surface area contributed by atoms with E-state index in [4.69, 9.17) is 9.97 Å². The summed E-state index contributed by atoms with van der Waals surface area (Å²) in [5.41, 5.74) is 8.86. The van der Waals surface area contributed by atoms with Crippen LogP contribution in [0, 0.1) is 18.4 Å². The van der Waals surface area contributed by atoms with Gasteiger partial charge in [-0.15, -0.1) is 34.9 Å². The number of hydrogen-bond acceptors (Lipinski definition) is 3. The maximum Gasteiger partial charge on any atom is 0.161 e. The average molecular weight is 639 g/mol. The summed E-state index contributed by atoms with van der Waals surface area (Å²) >= 11 is 0. The van der Waals surface area contributed by atoms with Crippen molar-refractivity contribution >= 4 is 0 Å². The second-order valence-electron chi connectivity index (χ2n) is 11.1. The van der Waals surface area contributed by atoms with Crippen LogP contribution in [0.5, 0.6) is 0 Å². The zero-order valence-corrected chi connectivity index (χ0v) is 23.9. The maximum absolute atomic E-state index is 4.82. The number of aryl methyl sites for hydroxylation is 1. The molecule has 2 heterocycles. The Labute approximate surface area is 222 Å². The topological polar surface area (TPSA) is 38.7 Å². The van der Waals surface area contributed by atoms with Crippen LogP contribution in [0.3, 0.4) is 0 Å². The Hall–Kier alpha value is -2.68. The molecule has 3 nitrogen and oxygen atoms in total. The van der Waals surface area contributed by atoms with Crippen molar-refractivity contribution in [2.24, 2.45) is 5.41 Å². The zero-order chi connectivity index (χ0) is 24.3. The minimum atomic E-state index is 0. The normalized spacial score (nSPS) is 16.9. The third-order valence-corrected chi connectivity index (χ3v) is 8.64. The molecule has 4 heteroatoms. The fraction of sp³-hybridized carbons (Fsp3) is 0.323. The maximum atomic E-state index is 4.82. The van der Waals surface area contributed by atoms with E-state index in [1.165, 1.54) is 11.1 Å². The summed E-state index contributed by atoms with van der Waals surface area (Å²) in [6, 6.07) is 24.3. The van der Waals surface area contributed by atoms with Gasteiger partial charge in [0, 0.05) is 43.1 Å². The molecule has 2 aromatic carbocycles. The minimum absolute atomic E-state index is 0. The predicted molar refractivity (Wildman–Crippen MR) is 140 cm³/mol. The first-order chi connectivity index (χ1) is 16.0. The molecule has 181 valence electrons. The van der Waals surface area contributed by atoms with Crippen LogP contribution in [0.1, 0.15) is 58.4 Å². The molecule has 0 N–H and O–H groups in total. The van der Waals surface area contributed by atoms with E-state index in [2.05, 4.69) is 89.0 Å². The van der Waals surface area contributed by atoms with E-state index < -0.39 is 0 Å². The van der Waals surface area contributed by atoms with Gasteiger partial charge in [0.25, 0.3) is 0 Å². The van der Waals surface area contributed by atoms with Gasteiger partial charge in [-0.25, -0.2) is 9.97 Å². The molecule has 0 fully saturated rings. The van der Waals surface area contributed by atoms with Crippen LogP contribution in [-0.4, -0.2) is 15.0 Å². The summed E-state index contributed by atoms with van der Waals surface area (Å²) in [5.74, 6) is 0.695. The molecule has 2 aromatic heterocycles. The van der Waals surface area contributed by atoms with Crippen LogP contribution in [0.4, 0.5) is 0 Å². The molecule has 0 bridgehead atoms. The Morgan fingerprint density at radius 3 is 2.06 bits per heavy atom. The molecule has 1 aliphatic rings. The van der Waals surface area contributed by atoms with Gasteiger partial charge in [-0.05, 0) is 34.9 Å². The number of nitrogens with zero attached hydrogens (tertiary/aromatic N) is 3. The fourth-order valence-electron chi connectivity index (χ4n) is 5.27. The van der Waals surface area contributed by atoms with Gasteiger partial charge < -0.3 is 4.98 Å². The van der Waals surface area contributed by atoms with Crippen LogP contribution >= 0.6 is 0 Å². The Bertz CT molecular complexity index is 1370. The van der Waals surface area contributed by atoms with Crippen molar-refractivity contribution in [1.29, 1.82) is 0 Å². The third-order valence-electron chi connectivity index (χ3n) is 8.64. The summed E-state index contributed by atoms with van der Waals surface area (Å²) in [4.78, 5) is 14.3. The van der Waals surface area contributed by atoms with Gasteiger partial charge in [0.05, 0.1) is 5.69 Å². The molecule has 1 aliphatic carbocycles. The predicted octanol–water partition coefficient (Wildman–Crippen LogP) is 7.57. The van der Waals surface area contributed by atoms with E-state index in [1.807, 2.05) is 37.4 Å². The number of pyridine rings is 1. The summed E-state index contributed by atoms with van der Waals surface area (Å²) in [7, 11) is 0. The van der Waals surface area contributed by atoms with Gasteiger partial charge in [-0.3, -0.25) is 0 Å². The standard InChI is InChI=1S/C31H32N3.Ir/c1-20-17-27(21-11-9-8-10-12-21)34-28(33-20)23-14-16-26(32-19-23)22-13-15-24-25(18-22)30(4,5)31(6,7)29(24,2)3;/h8-12,14-19H,1-7H3;/q-1;. The fourth-order valence-corrected chi connectivity index (χ4v) is 5.27. The molecular formula is C31H32IrN3-. The SMILES string of the molecule is Cc1cc(-c2ccccc2)nc(-c2ccc(-c3[c-]cc4c(c3)C(C)(C)C(C)(C)C4(C)C)nc2)n1.[Ir]. The Kier molecular flexibility index (Phi) is 6.36. The number of aromatic nitrogens is 3. The van der Waals surface area contributed by atoms with E-state index >= 15 is 0 Å². The molecule has 35 heavy (non-hydrogen) atoms. The van der Waals surface area contributed by atoms with Crippen molar-refractivity contribution in [1.82, 2.24) is 15.0 Å². The Balaban J connectivity index is 0.00000289. The summed E-state index contributed by atoms with van der Waals surface area (Å²) < 4.78 is 0. The molecule has 1 radical (unpaired) electrons. The van der Waals surface area contributed by atoms with Gasteiger partial charge >= 0.3 is 0 Å². The van der Waals surface area contributed by atoms with Crippen LogP contribution < -0.4 is 0 Å². The molecule has 0 unspecified atom stereocenters. The van der Waals surface area contributed by atoms with Crippen LogP contribution in [-0.2, 0) is 30.9 Å². The zero-order valence-electron chi connectivity index (χ0n) is 21.5. The van der Waals surface area contributed by atoms with Gasteiger partial charge in [0.15, 0.2) is 5.82 Å². The first-order valence-electron chi connectivity index (χ1n) is 12.0. The number of rotatable bonds is 3. The molecule has 0 atom stereocenters. The van der Waals surface area contributed by atoms with Gasteiger partial charge in [-0.1, -0.05) is 84.0 Å². The molecule has 0 saturated heterocycles. The minimum Gasteiger partial charge on any atom is -0.304 e. The summed E-state index contributed by atoms with van der Waals surface area (Å²) in [6.07, 6.45) is 1.87. The van der Waals surface area contributed by atoms with E-state index in [0.29, 0.717) is 5.82 Å². The molecule has 0 amide bonds. The largest absolute Gasteiger partial charge is 0.304 e. The smallest absolute Gasteiger partial charge is 0.161 e. The van der Waals surface area contributed by atoms with Crippen LogP contribution in [0.15, 0.2) is 66.9 Å². The number of benzene rings is 2. The number of hydrogen-bond donors (Lipinski definition) is 0. The van der Waals surface area contributed by atoms with Crippen LogP contribution in [0.25, 0.3) is 33.9 Å². The second kappa shape index (κ2) is 8.76. The first-order valence-corrected chi connectivity index (χ1v) is 12.0. The van der Waals surface area contributed by atoms with E-state index in [1.54, 1.807) is 0 Å².